The van der Waals surface area contributed by atoms with Crippen molar-refractivity contribution in [3.05, 3.63) is 39.4 Å². The molecule has 0 spiro atoms. The van der Waals surface area contributed by atoms with Gasteiger partial charge in [0.05, 0.1) is 11.1 Å². The molecule has 0 saturated heterocycles. The van der Waals surface area contributed by atoms with Gasteiger partial charge >= 0.3 is 0 Å². The summed E-state index contributed by atoms with van der Waals surface area (Å²) in [6.45, 7) is 0.767. The van der Waals surface area contributed by atoms with E-state index >= 15 is 0 Å². The summed E-state index contributed by atoms with van der Waals surface area (Å²) in [5.41, 5.74) is 0. The van der Waals surface area contributed by atoms with Gasteiger partial charge in [-0.3, -0.25) is 0 Å². The molecule has 0 aliphatic rings. The van der Waals surface area contributed by atoms with Crippen molar-refractivity contribution in [1.29, 1.82) is 0 Å². The van der Waals surface area contributed by atoms with Crippen LogP contribution in [0.2, 0.25) is 5.02 Å². The highest BCUT2D eigenvalue weighted by Gasteiger charge is 2.08. The summed E-state index contributed by atoms with van der Waals surface area (Å²) < 4.78 is 16.3. The third-order valence-corrected chi connectivity index (χ3v) is 3.14. The van der Waals surface area contributed by atoms with Crippen molar-refractivity contribution in [2.45, 2.75) is 13.0 Å². The van der Waals surface area contributed by atoms with E-state index in [0.717, 1.165) is 4.47 Å². The fraction of sp³-hybridized carbons (Fsp3) is 0.333. The second-order valence-electron chi connectivity index (χ2n) is 3.71. The average Bonchev–Trinajstić information content (AvgIpc) is 2.83. The molecule has 0 saturated carbocycles. The topological polar surface area (TPSA) is 57.4 Å². The van der Waals surface area contributed by atoms with Crippen LogP contribution in [0, 0.1) is 0 Å². The number of ether oxygens (including phenoxy) is 2. The number of methoxy groups -OCH3 is 1. The largest absolute Gasteiger partial charge is 0.483 e. The van der Waals surface area contributed by atoms with E-state index in [-0.39, 0.29) is 6.61 Å². The van der Waals surface area contributed by atoms with Crippen molar-refractivity contribution in [1.82, 2.24) is 10.1 Å². The molecule has 0 fully saturated rings. The summed E-state index contributed by atoms with van der Waals surface area (Å²) in [5, 5.41) is 4.46. The van der Waals surface area contributed by atoms with Crippen molar-refractivity contribution in [3.63, 3.8) is 0 Å². The van der Waals surface area contributed by atoms with Gasteiger partial charge in [0.15, 0.2) is 12.4 Å². The first-order valence-corrected chi connectivity index (χ1v) is 6.74. The fourth-order valence-electron chi connectivity index (χ4n) is 1.38. The highest BCUT2D eigenvalue weighted by Crippen LogP contribution is 2.28. The van der Waals surface area contributed by atoms with Crippen LogP contribution in [0.5, 0.6) is 5.75 Å². The van der Waals surface area contributed by atoms with Gasteiger partial charge in [0.1, 0.15) is 5.75 Å². The summed E-state index contributed by atoms with van der Waals surface area (Å²) in [7, 11) is 1.63. The Labute approximate surface area is 124 Å². The van der Waals surface area contributed by atoms with Crippen LogP contribution in [0.4, 0.5) is 0 Å². The molecular formula is C12H12BrClN2O3. The fourth-order valence-corrected chi connectivity index (χ4v) is 2.17. The third kappa shape index (κ3) is 4.19. The molecule has 0 aliphatic carbocycles. The Bertz CT molecular complexity index is 548. The van der Waals surface area contributed by atoms with E-state index in [1.807, 2.05) is 0 Å². The van der Waals surface area contributed by atoms with E-state index in [4.69, 9.17) is 25.6 Å². The molecule has 0 amide bonds. The van der Waals surface area contributed by atoms with Crippen LogP contribution in [0.15, 0.2) is 27.2 Å². The lowest BCUT2D eigenvalue weighted by atomic mass is 10.3. The number of halogens is 2. The summed E-state index contributed by atoms with van der Waals surface area (Å²) in [6, 6.07) is 5.28. The van der Waals surface area contributed by atoms with Gasteiger partial charge in [-0.2, -0.15) is 4.98 Å². The number of nitrogens with zero attached hydrogens (tertiary/aromatic N) is 2. The Morgan fingerprint density at radius 2 is 2.26 bits per heavy atom. The maximum Gasteiger partial charge on any atom is 0.264 e. The highest BCUT2D eigenvalue weighted by molar-refractivity contribution is 9.10. The van der Waals surface area contributed by atoms with Crippen LogP contribution in [-0.4, -0.2) is 23.9 Å². The SMILES string of the molecule is COCCc1noc(COc2ccc(Cl)cc2Br)n1. The first-order valence-electron chi connectivity index (χ1n) is 5.57. The first-order chi connectivity index (χ1) is 9.19. The average molecular weight is 348 g/mol. The molecule has 0 radical (unpaired) electrons. The summed E-state index contributed by atoms with van der Waals surface area (Å²) in [5.74, 6) is 1.70. The smallest absolute Gasteiger partial charge is 0.264 e. The molecule has 0 unspecified atom stereocenters. The lowest BCUT2D eigenvalue weighted by Crippen LogP contribution is -1.99. The van der Waals surface area contributed by atoms with Crippen LogP contribution in [-0.2, 0) is 17.8 Å². The molecule has 0 bridgehead atoms. The molecule has 1 aromatic heterocycles. The van der Waals surface area contributed by atoms with Crippen LogP contribution in [0.1, 0.15) is 11.7 Å². The maximum absolute atomic E-state index is 5.85. The van der Waals surface area contributed by atoms with E-state index in [1.54, 1.807) is 25.3 Å². The zero-order valence-corrected chi connectivity index (χ0v) is 12.6. The molecule has 2 rings (SSSR count). The van der Waals surface area contributed by atoms with Gasteiger partial charge in [-0.15, -0.1) is 0 Å². The van der Waals surface area contributed by atoms with Crippen LogP contribution < -0.4 is 4.74 Å². The van der Waals surface area contributed by atoms with Crippen LogP contribution in [0.3, 0.4) is 0 Å². The standard InChI is InChI=1S/C12H12BrClN2O3/c1-17-5-4-11-15-12(19-16-11)7-18-10-3-2-8(14)6-9(10)13/h2-3,6H,4-5,7H2,1H3. The normalized spacial score (nSPS) is 10.7. The van der Waals surface area contributed by atoms with Gasteiger partial charge < -0.3 is 14.0 Å². The summed E-state index contributed by atoms with van der Waals surface area (Å²) in [4.78, 5) is 4.19. The summed E-state index contributed by atoms with van der Waals surface area (Å²) in [6.07, 6.45) is 0.616. The monoisotopic (exact) mass is 346 g/mol. The van der Waals surface area contributed by atoms with Crippen LogP contribution in [0.25, 0.3) is 0 Å². The predicted octanol–water partition coefficient (Wildman–Crippen LogP) is 3.25. The zero-order valence-electron chi connectivity index (χ0n) is 10.2. The number of hydrogen-bond acceptors (Lipinski definition) is 5. The van der Waals surface area contributed by atoms with Crippen molar-refractivity contribution in [3.8, 4) is 5.75 Å². The minimum atomic E-state index is 0.209. The Balaban J connectivity index is 1.92. The predicted molar refractivity (Wildman–Crippen MR) is 73.4 cm³/mol. The van der Waals surface area contributed by atoms with E-state index in [2.05, 4.69) is 26.1 Å². The molecule has 0 aliphatic heterocycles. The van der Waals surface area contributed by atoms with Gasteiger partial charge in [-0.1, -0.05) is 16.8 Å². The number of hydrogen-bond donors (Lipinski definition) is 0. The number of aromatic nitrogens is 2. The minimum Gasteiger partial charge on any atom is -0.483 e. The Hall–Kier alpha value is -1.11. The lowest BCUT2D eigenvalue weighted by Gasteiger charge is -2.05. The van der Waals surface area contributed by atoms with Crippen molar-refractivity contribution in [2.24, 2.45) is 0 Å². The van der Waals surface area contributed by atoms with Gasteiger partial charge in [0.25, 0.3) is 5.89 Å². The number of benzene rings is 1. The van der Waals surface area contributed by atoms with Crippen molar-refractivity contribution < 1.29 is 14.0 Å². The quantitative estimate of drug-likeness (QED) is 0.803. The molecule has 5 nitrogen and oxygen atoms in total. The van der Waals surface area contributed by atoms with Crippen molar-refractivity contribution >= 4 is 27.5 Å². The van der Waals surface area contributed by atoms with E-state index in [0.29, 0.717) is 35.5 Å². The molecule has 0 N–H and O–H groups in total. The second-order valence-corrected chi connectivity index (χ2v) is 5.00. The van der Waals surface area contributed by atoms with Gasteiger partial charge in [-0.05, 0) is 34.1 Å². The molecule has 1 aromatic carbocycles. The number of rotatable bonds is 6. The lowest BCUT2D eigenvalue weighted by molar-refractivity contribution is 0.199. The Morgan fingerprint density at radius 3 is 3.00 bits per heavy atom. The molecule has 2 aromatic rings. The third-order valence-electron chi connectivity index (χ3n) is 2.29. The zero-order chi connectivity index (χ0) is 13.7. The maximum atomic E-state index is 5.85. The van der Waals surface area contributed by atoms with Gasteiger partial charge in [0, 0.05) is 18.6 Å². The summed E-state index contributed by atoms with van der Waals surface area (Å²) >= 11 is 9.22. The van der Waals surface area contributed by atoms with Crippen molar-refractivity contribution in [2.75, 3.05) is 13.7 Å². The van der Waals surface area contributed by atoms with Gasteiger partial charge in [-0.25, -0.2) is 0 Å². The molecule has 1 heterocycles. The second kappa shape index (κ2) is 6.88. The molecular weight excluding hydrogens is 335 g/mol. The molecule has 7 heteroatoms. The van der Waals surface area contributed by atoms with E-state index in [1.165, 1.54) is 0 Å². The molecule has 19 heavy (non-hydrogen) atoms. The van der Waals surface area contributed by atoms with Crippen LogP contribution >= 0.6 is 27.5 Å². The Morgan fingerprint density at radius 1 is 1.42 bits per heavy atom. The Kier molecular flexibility index (Phi) is 5.18. The van der Waals surface area contributed by atoms with E-state index < -0.39 is 0 Å². The highest BCUT2D eigenvalue weighted by atomic mass is 79.9. The van der Waals surface area contributed by atoms with Gasteiger partial charge in [0.2, 0.25) is 0 Å². The molecule has 0 atom stereocenters. The molecule has 102 valence electrons. The first kappa shape index (κ1) is 14.3. The minimum absolute atomic E-state index is 0.209. The van der Waals surface area contributed by atoms with E-state index in [9.17, 15) is 0 Å².